The Labute approximate surface area is 123 Å². The van der Waals surface area contributed by atoms with Crippen LogP contribution in [0.1, 0.15) is 19.4 Å². The van der Waals surface area contributed by atoms with Crippen LogP contribution in [0.4, 0.5) is 8.78 Å². The highest BCUT2D eigenvalue weighted by Gasteiger charge is 2.15. The molecule has 0 fully saturated rings. The summed E-state index contributed by atoms with van der Waals surface area (Å²) in [5.41, 5.74) is 5.63. The van der Waals surface area contributed by atoms with Gasteiger partial charge in [-0.2, -0.15) is 8.78 Å². The van der Waals surface area contributed by atoms with Crippen molar-refractivity contribution in [3.63, 3.8) is 0 Å². The lowest BCUT2D eigenvalue weighted by Crippen LogP contribution is -2.45. The molecule has 0 aliphatic rings. The molecule has 0 aliphatic carbocycles. The first-order chi connectivity index (χ1) is 8.78. The first-order valence-corrected chi connectivity index (χ1v) is 5.86. The normalized spacial score (nSPS) is 10.9. The second-order valence-electron chi connectivity index (χ2n) is 4.93. The minimum Gasteiger partial charge on any atom is -0.435 e. The fourth-order valence-electron chi connectivity index (χ4n) is 1.42. The summed E-state index contributed by atoms with van der Waals surface area (Å²) in [6.45, 7) is 0.957. The number of nitrogens with two attached hydrogens (primary N) is 1. The van der Waals surface area contributed by atoms with Gasteiger partial charge in [-0.15, -0.1) is 12.4 Å². The second-order valence-corrected chi connectivity index (χ2v) is 4.93. The maximum absolute atomic E-state index is 12.2. The summed E-state index contributed by atoms with van der Waals surface area (Å²) in [5.74, 6) is -0.275. The zero-order valence-corrected chi connectivity index (χ0v) is 12.2. The van der Waals surface area contributed by atoms with Gasteiger partial charge in [0.2, 0.25) is 5.91 Å². The molecule has 0 unspecified atom stereocenters. The van der Waals surface area contributed by atoms with Gasteiger partial charge >= 0.3 is 6.61 Å². The molecule has 1 aromatic carbocycles. The van der Waals surface area contributed by atoms with Crippen molar-refractivity contribution >= 4 is 18.3 Å². The first kappa shape index (κ1) is 18.6. The van der Waals surface area contributed by atoms with Crippen LogP contribution in [0.3, 0.4) is 0 Å². The van der Waals surface area contributed by atoms with Crippen LogP contribution in [-0.4, -0.2) is 24.6 Å². The number of benzene rings is 1. The van der Waals surface area contributed by atoms with Crippen molar-refractivity contribution in [2.75, 3.05) is 6.54 Å². The van der Waals surface area contributed by atoms with Gasteiger partial charge in [-0.3, -0.25) is 4.79 Å². The summed E-state index contributed by atoms with van der Waals surface area (Å²) < 4.78 is 28.8. The van der Waals surface area contributed by atoms with Gasteiger partial charge in [-0.05, 0) is 19.9 Å². The van der Waals surface area contributed by atoms with Crippen LogP contribution in [0.2, 0.25) is 0 Å². The quantitative estimate of drug-likeness (QED) is 0.846. The third-order valence-electron chi connectivity index (χ3n) is 2.28. The Kier molecular flexibility index (Phi) is 7.45. The number of hydrogen-bond acceptors (Lipinski definition) is 3. The summed E-state index contributed by atoms with van der Waals surface area (Å²) in [7, 11) is 0. The lowest BCUT2D eigenvalue weighted by atomic mass is 10.1. The predicted molar refractivity (Wildman–Crippen MR) is 75.3 cm³/mol. The summed E-state index contributed by atoms with van der Waals surface area (Å²) in [4.78, 5) is 11.7. The number of para-hydroxylation sites is 1. The van der Waals surface area contributed by atoms with Crippen LogP contribution in [0, 0.1) is 0 Å². The number of ether oxygens (including phenoxy) is 1. The average Bonchev–Trinajstić information content (AvgIpc) is 2.27. The van der Waals surface area contributed by atoms with Crippen LogP contribution in [0.5, 0.6) is 5.75 Å². The van der Waals surface area contributed by atoms with Gasteiger partial charge in [-0.25, -0.2) is 0 Å². The minimum absolute atomic E-state index is 0. The first-order valence-electron chi connectivity index (χ1n) is 5.86. The zero-order valence-electron chi connectivity index (χ0n) is 11.4. The maximum Gasteiger partial charge on any atom is 0.387 e. The maximum atomic E-state index is 12.2. The fraction of sp³-hybridized carbons (Fsp3) is 0.462. The second kappa shape index (κ2) is 8.01. The van der Waals surface area contributed by atoms with Gasteiger partial charge in [-0.1, -0.05) is 18.2 Å². The Morgan fingerprint density at radius 2 is 2.00 bits per heavy atom. The van der Waals surface area contributed by atoms with Crippen molar-refractivity contribution in [1.29, 1.82) is 0 Å². The molecule has 1 amide bonds. The molecule has 0 saturated carbocycles. The molecule has 0 aliphatic heterocycles. The minimum atomic E-state index is -2.91. The molecule has 1 rings (SSSR count). The molecule has 3 N–H and O–H groups in total. The summed E-state index contributed by atoms with van der Waals surface area (Å²) >= 11 is 0. The number of halogens is 3. The third kappa shape index (κ3) is 7.25. The van der Waals surface area contributed by atoms with Gasteiger partial charge in [0.1, 0.15) is 5.75 Å². The summed E-state index contributed by atoms with van der Waals surface area (Å²) in [6, 6.07) is 6.21. The van der Waals surface area contributed by atoms with E-state index in [2.05, 4.69) is 10.1 Å². The highest BCUT2D eigenvalue weighted by Crippen LogP contribution is 2.20. The van der Waals surface area contributed by atoms with Gasteiger partial charge in [0.05, 0.1) is 6.42 Å². The monoisotopic (exact) mass is 308 g/mol. The molecule has 1 aromatic rings. The molecule has 4 nitrogen and oxygen atoms in total. The van der Waals surface area contributed by atoms with Crippen LogP contribution >= 0.6 is 12.4 Å². The van der Waals surface area contributed by atoms with E-state index >= 15 is 0 Å². The Morgan fingerprint density at radius 1 is 1.40 bits per heavy atom. The van der Waals surface area contributed by atoms with Gasteiger partial charge in [0.15, 0.2) is 0 Å². The standard InChI is InChI=1S/C13H18F2N2O2.ClH/c1-13(2,16)8-17-11(18)7-9-5-3-4-6-10(9)19-12(14)15;/h3-6,12H,7-8,16H2,1-2H3,(H,17,18);1H. The number of rotatable bonds is 6. The Balaban J connectivity index is 0.00000361. The molecule has 7 heteroatoms. The van der Waals surface area contributed by atoms with Crippen LogP contribution < -0.4 is 15.8 Å². The Morgan fingerprint density at radius 3 is 2.55 bits per heavy atom. The molecular formula is C13H19ClF2N2O2. The number of carbonyl (C=O) groups is 1. The van der Waals surface area contributed by atoms with E-state index in [1.807, 2.05) is 0 Å². The summed E-state index contributed by atoms with van der Waals surface area (Å²) in [5, 5.41) is 2.64. The van der Waals surface area contributed by atoms with E-state index in [1.165, 1.54) is 6.07 Å². The van der Waals surface area contributed by atoms with E-state index in [-0.39, 0.29) is 30.5 Å². The van der Waals surface area contributed by atoms with Crippen molar-refractivity contribution in [2.45, 2.75) is 32.4 Å². The van der Waals surface area contributed by atoms with E-state index in [0.29, 0.717) is 12.1 Å². The van der Waals surface area contributed by atoms with Crippen LogP contribution in [0.15, 0.2) is 24.3 Å². The van der Waals surface area contributed by atoms with E-state index < -0.39 is 12.2 Å². The smallest absolute Gasteiger partial charge is 0.387 e. The highest BCUT2D eigenvalue weighted by molar-refractivity contribution is 5.85. The van der Waals surface area contributed by atoms with E-state index in [0.717, 1.165) is 0 Å². The van der Waals surface area contributed by atoms with Crippen molar-refractivity contribution in [1.82, 2.24) is 5.32 Å². The molecule has 0 radical (unpaired) electrons. The topological polar surface area (TPSA) is 64.3 Å². The van der Waals surface area contributed by atoms with Gasteiger partial charge in [0, 0.05) is 17.6 Å². The number of nitrogens with one attached hydrogen (secondary N) is 1. The van der Waals surface area contributed by atoms with E-state index in [9.17, 15) is 13.6 Å². The van der Waals surface area contributed by atoms with Gasteiger partial charge in [0.25, 0.3) is 0 Å². The lowest BCUT2D eigenvalue weighted by Gasteiger charge is -2.19. The van der Waals surface area contributed by atoms with Crippen molar-refractivity contribution in [2.24, 2.45) is 5.73 Å². The molecule has 0 saturated heterocycles. The molecule has 114 valence electrons. The van der Waals surface area contributed by atoms with Crippen molar-refractivity contribution in [3.8, 4) is 5.75 Å². The number of alkyl halides is 2. The van der Waals surface area contributed by atoms with E-state index in [4.69, 9.17) is 5.73 Å². The molecule has 0 aromatic heterocycles. The van der Waals surface area contributed by atoms with Crippen LogP contribution in [-0.2, 0) is 11.2 Å². The van der Waals surface area contributed by atoms with Crippen molar-refractivity contribution < 1.29 is 18.3 Å². The Bertz CT molecular complexity index is 437. The van der Waals surface area contributed by atoms with E-state index in [1.54, 1.807) is 32.0 Å². The Hall–Kier alpha value is -1.40. The largest absolute Gasteiger partial charge is 0.435 e. The molecule has 0 spiro atoms. The van der Waals surface area contributed by atoms with Gasteiger partial charge < -0.3 is 15.8 Å². The molecule has 0 bridgehead atoms. The molecular weight excluding hydrogens is 290 g/mol. The lowest BCUT2D eigenvalue weighted by molar-refractivity contribution is -0.120. The number of carbonyl (C=O) groups excluding carboxylic acids is 1. The predicted octanol–water partition coefficient (Wildman–Crippen LogP) is 2.11. The molecule has 0 heterocycles. The number of hydrogen-bond donors (Lipinski definition) is 2. The molecule has 0 atom stereocenters. The average molecular weight is 309 g/mol. The van der Waals surface area contributed by atoms with Crippen LogP contribution in [0.25, 0.3) is 0 Å². The van der Waals surface area contributed by atoms with Crippen molar-refractivity contribution in [3.05, 3.63) is 29.8 Å². The highest BCUT2D eigenvalue weighted by atomic mass is 35.5. The SMILES string of the molecule is CC(C)(N)CNC(=O)Cc1ccccc1OC(F)F.Cl. The number of amides is 1. The zero-order chi connectivity index (χ0) is 14.5. The third-order valence-corrected chi connectivity index (χ3v) is 2.28. The molecule has 20 heavy (non-hydrogen) atoms. The fourth-order valence-corrected chi connectivity index (χ4v) is 1.42. The summed E-state index contributed by atoms with van der Waals surface area (Å²) in [6.07, 6.45) is -0.0288.